The summed E-state index contributed by atoms with van der Waals surface area (Å²) in [5.41, 5.74) is 2.27. The van der Waals surface area contributed by atoms with Gasteiger partial charge in [0.25, 0.3) is 0 Å². The Hall–Kier alpha value is -4.66. The lowest BCUT2D eigenvalue weighted by atomic mass is 9.84. The Balaban J connectivity index is 1.62. The Labute approximate surface area is 219 Å². The molecule has 5 rings (SSSR count). The van der Waals surface area contributed by atoms with Crippen LogP contribution in [0.3, 0.4) is 0 Å². The van der Waals surface area contributed by atoms with Crippen LogP contribution < -0.4 is 33.2 Å². The maximum absolute atomic E-state index is 13.4. The lowest BCUT2D eigenvalue weighted by Gasteiger charge is -2.27. The zero-order chi connectivity index (χ0) is 27.0. The fourth-order valence-electron chi connectivity index (χ4n) is 4.78. The molecule has 2 heterocycles. The second kappa shape index (κ2) is 10.0. The molecule has 9 nitrogen and oxygen atoms in total. The first-order chi connectivity index (χ1) is 18.4. The van der Waals surface area contributed by atoms with Crippen molar-refractivity contribution in [1.29, 1.82) is 0 Å². The molecule has 0 saturated carbocycles. The van der Waals surface area contributed by atoms with Crippen LogP contribution in [-0.2, 0) is 4.79 Å². The molecule has 1 atom stereocenters. The zero-order valence-electron chi connectivity index (χ0n) is 21.6. The van der Waals surface area contributed by atoms with Gasteiger partial charge in [0.05, 0.1) is 47.5 Å². The first-order valence-corrected chi connectivity index (χ1v) is 11.8. The van der Waals surface area contributed by atoms with E-state index >= 15 is 0 Å². The van der Waals surface area contributed by atoms with E-state index in [1.54, 1.807) is 56.7 Å². The second-order valence-electron chi connectivity index (χ2n) is 8.58. The summed E-state index contributed by atoms with van der Waals surface area (Å²) in [7, 11) is 7.69. The number of methoxy groups -OCH3 is 5. The summed E-state index contributed by atoms with van der Waals surface area (Å²) in [6, 6.07) is 12.0. The van der Waals surface area contributed by atoms with E-state index in [0.29, 0.717) is 56.9 Å². The van der Waals surface area contributed by atoms with Gasteiger partial charge in [-0.2, -0.15) is 0 Å². The van der Waals surface area contributed by atoms with E-state index in [1.807, 2.05) is 6.07 Å². The molecule has 2 aliphatic rings. The monoisotopic (exact) mass is 518 g/mol. The molecule has 0 saturated heterocycles. The molecule has 3 aromatic rings. The van der Waals surface area contributed by atoms with Gasteiger partial charge in [0.1, 0.15) is 28.7 Å². The van der Waals surface area contributed by atoms with Crippen molar-refractivity contribution >= 4 is 17.8 Å². The third-order valence-electron chi connectivity index (χ3n) is 6.62. The number of hydrogen-bond donors (Lipinski definition) is 0. The standard InChI is InChI=1S/C29H26O9/c1-32-16-6-7-17(22(12-16)34-3)19-13-26(30)37-20-9-8-18-28(31)25(38-29(18)27(19)20)11-15-10-23(35-4)24(36-5)14-21(15)33-2/h6-12,14,19H,13H2,1-5H3/b25-11-. The van der Waals surface area contributed by atoms with Gasteiger partial charge in [-0.05, 0) is 30.3 Å². The summed E-state index contributed by atoms with van der Waals surface area (Å²) in [5, 5.41) is 0. The Morgan fingerprint density at radius 2 is 1.47 bits per heavy atom. The number of fused-ring (bicyclic) bond motifs is 3. The molecular weight excluding hydrogens is 492 g/mol. The molecule has 0 radical (unpaired) electrons. The number of hydrogen-bond acceptors (Lipinski definition) is 9. The van der Waals surface area contributed by atoms with Crippen molar-refractivity contribution in [3.8, 4) is 40.2 Å². The van der Waals surface area contributed by atoms with E-state index < -0.39 is 11.9 Å². The van der Waals surface area contributed by atoms with E-state index in [9.17, 15) is 9.59 Å². The number of benzene rings is 3. The first-order valence-electron chi connectivity index (χ1n) is 11.8. The SMILES string of the molecule is COc1ccc(C2CC(=O)Oc3ccc4c(c32)O/C(=C\c2cc(OC)c(OC)cc2OC)C4=O)c(OC)c1. The first kappa shape index (κ1) is 25.0. The zero-order valence-corrected chi connectivity index (χ0v) is 21.6. The smallest absolute Gasteiger partial charge is 0.312 e. The minimum Gasteiger partial charge on any atom is -0.497 e. The molecule has 1 unspecified atom stereocenters. The molecular formula is C29H26O9. The largest absolute Gasteiger partial charge is 0.497 e. The van der Waals surface area contributed by atoms with Crippen LogP contribution in [0.4, 0.5) is 0 Å². The molecule has 0 bridgehead atoms. The van der Waals surface area contributed by atoms with E-state index in [4.69, 9.17) is 33.2 Å². The molecule has 0 amide bonds. The Kier molecular flexibility index (Phi) is 6.59. The summed E-state index contributed by atoms with van der Waals surface area (Å²) < 4.78 is 38.9. The van der Waals surface area contributed by atoms with E-state index in [2.05, 4.69) is 0 Å². The summed E-state index contributed by atoms with van der Waals surface area (Å²) in [5.74, 6) is 2.19. The van der Waals surface area contributed by atoms with Crippen molar-refractivity contribution in [3.63, 3.8) is 0 Å². The highest BCUT2D eigenvalue weighted by Gasteiger charge is 2.39. The van der Waals surface area contributed by atoms with Crippen LogP contribution in [0.1, 0.15) is 39.4 Å². The van der Waals surface area contributed by atoms with Crippen LogP contribution in [0.15, 0.2) is 48.2 Å². The predicted molar refractivity (Wildman–Crippen MR) is 137 cm³/mol. The second-order valence-corrected chi connectivity index (χ2v) is 8.58. The van der Waals surface area contributed by atoms with Crippen LogP contribution in [0, 0.1) is 0 Å². The highest BCUT2D eigenvalue weighted by atomic mass is 16.5. The molecule has 196 valence electrons. The third-order valence-corrected chi connectivity index (χ3v) is 6.62. The number of carbonyl (C=O) groups is 2. The summed E-state index contributed by atoms with van der Waals surface area (Å²) in [6.45, 7) is 0. The van der Waals surface area contributed by atoms with E-state index in [1.165, 1.54) is 21.3 Å². The highest BCUT2D eigenvalue weighted by Crippen LogP contribution is 2.51. The van der Waals surface area contributed by atoms with Crippen molar-refractivity contribution in [1.82, 2.24) is 0 Å². The molecule has 38 heavy (non-hydrogen) atoms. The van der Waals surface area contributed by atoms with Crippen molar-refractivity contribution in [2.24, 2.45) is 0 Å². The molecule has 0 aromatic heterocycles. The summed E-state index contributed by atoms with van der Waals surface area (Å²) in [4.78, 5) is 26.0. The number of esters is 1. The number of allylic oxidation sites excluding steroid dienone is 1. The molecule has 0 fully saturated rings. The maximum Gasteiger partial charge on any atom is 0.312 e. The summed E-state index contributed by atoms with van der Waals surface area (Å²) in [6.07, 6.45) is 1.64. The van der Waals surface area contributed by atoms with Crippen molar-refractivity contribution in [2.45, 2.75) is 12.3 Å². The lowest BCUT2D eigenvalue weighted by Crippen LogP contribution is -2.22. The fraction of sp³-hybridized carbons (Fsp3) is 0.241. The minimum atomic E-state index is -0.468. The molecule has 0 N–H and O–H groups in total. The Bertz CT molecular complexity index is 1470. The van der Waals surface area contributed by atoms with Crippen LogP contribution in [0.5, 0.6) is 40.2 Å². The van der Waals surface area contributed by atoms with Gasteiger partial charge >= 0.3 is 5.97 Å². The Morgan fingerprint density at radius 1 is 0.763 bits per heavy atom. The number of rotatable bonds is 7. The average Bonchev–Trinajstić information content (AvgIpc) is 3.26. The predicted octanol–water partition coefficient (Wildman–Crippen LogP) is 4.79. The van der Waals surface area contributed by atoms with Crippen molar-refractivity contribution in [3.05, 3.63) is 70.5 Å². The average molecular weight is 519 g/mol. The van der Waals surface area contributed by atoms with Gasteiger partial charge < -0.3 is 33.2 Å². The molecule has 9 heteroatoms. The van der Waals surface area contributed by atoms with Gasteiger partial charge in [-0.3, -0.25) is 9.59 Å². The topological polar surface area (TPSA) is 98.8 Å². The molecule has 3 aromatic carbocycles. The molecule has 2 aliphatic heterocycles. The van der Waals surface area contributed by atoms with Crippen LogP contribution >= 0.6 is 0 Å². The van der Waals surface area contributed by atoms with Crippen LogP contribution in [-0.4, -0.2) is 47.3 Å². The van der Waals surface area contributed by atoms with Gasteiger partial charge in [0.2, 0.25) is 5.78 Å². The van der Waals surface area contributed by atoms with Crippen molar-refractivity contribution < 1.29 is 42.7 Å². The lowest BCUT2D eigenvalue weighted by molar-refractivity contribution is -0.135. The van der Waals surface area contributed by atoms with Gasteiger partial charge in [0, 0.05) is 34.7 Å². The van der Waals surface area contributed by atoms with Crippen LogP contribution in [0.25, 0.3) is 6.08 Å². The quantitative estimate of drug-likeness (QED) is 0.248. The van der Waals surface area contributed by atoms with E-state index in [0.717, 1.165) is 5.56 Å². The number of carbonyl (C=O) groups excluding carboxylic acids is 2. The summed E-state index contributed by atoms with van der Waals surface area (Å²) >= 11 is 0. The Morgan fingerprint density at radius 3 is 2.16 bits per heavy atom. The fourth-order valence-corrected chi connectivity index (χ4v) is 4.78. The van der Waals surface area contributed by atoms with Gasteiger partial charge in [-0.1, -0.05) is 6.07 Å². The third kappa shape index (κ3) is 4.15. The number of ether oxygens (including phenoxy) is 7. The highest BCUT2D eigenvalue weighted by molar-refractivity contribution is 6.15. The minimum absolute atomic E-state index is 0.0479. The normalized spacial score (nSPS) is 16.8. The number of Topliss-reactive ketones (excluding diaryl/α,β-unsaturated/α-hetero) is 1. The molecule has 0 aliphatic carbocycles. The number of ketones is 1. The van der Waals surface area contributed by atoms with Crippen LogP contribution in [0.2, 0.25) is 0 Å². The van der Waals surface area contributed by atoms with Gasteiger partial charge in [-0.25, -0.2) is 0 Å². The van der Waals surface area contributed by atoms with E-state index in [-0.39, 0.29) is 18.0 Å². The van der Waals surface area contributed by atoms with Crippen molar-refractivity contribution in [2.75, 3.05) is 35.5 Å². The van der Waals surface area contributed by atoms with Gasteiger partial charge in [-0.15, -0.1) is 0 Å². The molecule has 0 spiro atoms. The van der Waals surface area contributed by atoms with Gasteiger partial charge in [0.15, 0.2) is 17.3 Å². The maximum atomic E-state index is 13.4.